The minimum atomic E-state index is 0.581. The normalized spacial score (nSPS) is 10.4. The Labute approximate surface area is 101 Å². The average molecular weight is 232 g/mol. The lowest BCUT2D eigenvalue weighted by molar-refractivity contribution is 1.14. The smallest absolute Gasteiger partial charge is 0.131 e. The van der Waals surface area contributed by atoms with Crippen molar-refractivity contribution in [3.8, 4) is 11.1 Å². The van der Waals surface area contributed by atoms with Gasteiger partial charge < -0.3 is 0 Å². The van der Waals surface area contributed by atoms with Crippen LogP contribution in [-0.4, -0.2) is 4.98 Å². The molecule has 2 rings (SSSR count). The molecule has 0 unspecified atom stereocenters. The van der Waals surface area contributed by atoms with Crippen LogP contribution >= 0.6 is 11.6 Å². The molecule has 1 aromatic carbocycles. The van der Waals surface area contributed by atoms with E-state index in [1.165, 1.54) is 11.1 Å². The lowest BCUT2D eigenvalue weighted by Gasteiger charge is -2.08. The number of rotatable bonds is 2. The van der Waals surface area contributed by atoms with E-state index in [1.54, 1.807) is 0 Å². The van der Waals surface area contributed by atoms with Crippen molar-refractivity contribution in [2.45, 2.75) is 20.3 Å². The summed E-state index contributed by atoms with van der Waals surface area (Å²) in [6.07, 6.45) is 2.86. The first-order chi connectivity index (χ1) is 7.72. The molecule has 2 heteroatoms. The minimum Gasteiger partial charge on any atom is -0.244 e. The van der Waals surface area contributed by atoms with E-state index in [2.05, 4.69) is 42.2 Å². The van der Waals surface area contributed by atoms with Crippen molar-refractivity contribution in [2.75, 3.05) is 0 Å². The largest absolute Gasteiger partial charge is 0.244 e. The number of aryl methyl sites for hydroxylation is 2. The Balaban J connectivity index is 2.54. The molecule has 1 nitrogen and oxygen atoms in total. The van der Waals surface area contributed by atoms with Crippen molar-refractivity contribution in [1.82, 2.24) is 4.98 Å². The maximum atomic E-state index is 5.93. The monoisotopic (exact) mass is 231 g/mol. The van der Waals surface area contributed by atoms with Gasteiger partial charge in [-0.15, -0.1) is 0 Å². The van der Waals surface area contributed by atoms with E-state index in [1.807, 2.05) is 13.1 Å². The molecule has 2 aromatic rings. The van der Waals surface area contributed by atoms with Gasteiger partial charge in [0.2, 0.25) is 0 Å². The highest BCUT2D eigenvalue weighted by atomic mass is 35.5. The van der Waals surface area contributed by atoms with Gasteiger partial charge >= 0.3 is 0 Å². The van der Waals surface area contributed by atoms with Gasteiger partial charge in [-0.25, -0.2) is 4.98 Å². The summed E-state index contributed by atoms with van der Waals surface area (Å²) in [4.78, 5) is 4.20. The summed E-state index contributed by atoms with van der Waals surface area (Å²) in [5.41, 5.74) is 4.74. The summed E-state index contributed by atoms with van der Waals surface area (Å²) in [5, 5.41) is 0.581. The van der Waals surface area contributed by atoms with Gasteiger partial charge in [0.05, 0.1) is 0 Å². The Bertz CT molecular complexity index is 506. The van der Waals surface area contributed by atoms with E-state index in [-0.39, 0.29) is 0 Å². The van der Waals surface area contributed by atoms with Crippen molar-refractivity contribution in [1.29, 1.82) is 0 Å². The van der Waals surface area contributed by atoms with Gasteiger partial charge in [-0.2, -0.15) is 0 Å². The van der Waals surface area contributed by atoms with Crippen LogP contribution in [0.2, 0.25) is 5.15 Å². The molecule has 0 N–H and O–H groups in total. The molecular formula is C14H14ClN. The van der Waals surface area contributed by atoms with Crippen LogP contribution in [0.4, 0.5) is 0 Å². The maximum absolute atomic E-state index is 5.93. The van der Waals surface area contributed by atoms with E-state index in [4.69, 9.17) is 11.6 Å². The Kier molecular flexibility index (Phi) is 3.25. The zero-order valence-electron chi connectivity index (χ0n) is 9.50. The number of hydrogen-bond acceptors (Lipinski definition) is 1. The predicted octanol–water partition coefficient (Wildman–Crippen LogP) is 4.27. The standard InChI is InChI=1S/C14H14ClN/c1-3-11-6-4-5-7-13(11)12-8-10(2)14(15)16-9-12/h4-9H,3H2,1-2H3. The summed E-state index contributed by atoms with van der Waals surface area (Å²) < 4.78 is 0. The molecule has 0 amide bonds. The number of hydrogen-bond donors (Lipinski definition) is 0. The number of benzene rings is 1. The SMILES string of the molecule is CCc1ccccc1-c1cnc(Cl)c(C)c1. The summed E-state index contributed by atoms with van der Waals surface area (Å²) in [5.74, 6) is 0. The third kappa shape index (κ3) is 2.10. The van der Waals surface area contributed by atoms with Gasteiger partial charge in [-0.05, 0) is 36.1 Å². The zero-order valence-corrected chi connectivity index (χ0v) is 10.3. The number of aromatic nitrogens is 1. The second kappa shape index (κ2) is 4.67. The van der Waals surface area contributed by atoms with Gasteiger partial charge in [0.1, 0.15) is 5.15 Å². The zero-order chi connectivity index (χ0) is 11.5. The number of halogens is 1. The maximum Gasteiger partial charge on any atom is 0.131 e. The highest BCUT2D eigenvalue weighted by Gasteiger charge is 2.05. The van der Waals surface area contributed by atoms with Crippen LogP contribution < -0.4 is 0 Å². The van der Waals surface area contributed by atoms with Crippen LogP contribution in [0.1, 0.15) is 18.1 Å². The quantitative estimate of drug-likeness (QED) is 0.704. The lowest BCUT2D eigenvalue weighted by atomic mass is 9.99. The van der Waals surface area contributed by atoms with Gasteiger partial charge in [0.25, 0.3) is 0 Å². The molecular weight excluding hydrogens is 218 g/mol. The Morgan fingerprint density at radius 3 is 2.69 bits per heavy atom. The minimum absolute atomic E-state index is 0.581. The van der Waals surface area contributed by atoms with Crippen LogP contribution in [0.15, 0.2) is 36.5 Å². The van der Waals surface area contributed by atoms with Crippen molar-refractivity contribution in [2.24, 2.45) is 0 Å². The van der Waals surface area contributed by atoms with Gasteiger partial charge in [0, 0.05) is 11.8 Å². The van der Waals surface area contributed by atoms with E-state index < -0.39 is 0 Å². The molecule has 0 aliphatic rings. The average Bonchev–Trinajstić information content (AvgIpc) is 2.32. The Morgan fingerprint density at radius 2 is 2.00 bits per heavy atom. The highest BCUT2D eigenvalue weighted by molar-refractivity contribution is 6.30. The number of pyridine rings is 1. The van der Waals surface area contributed by atoms with E-state index in [0.29, 0.717) is 5.15 Å². The molecule has 16 heavy (non-hydrogen) atoms. The molecule has 0 bridgehead atoms. The summed E-state index contributed by atoms with van der Waals surface area (Å²) in [6, 6.07) is 10.5. The third-order valence-electron chi connectivity index (χ3n) is 2.72. The molecule has 1 heterocycles. The molecule has 82 valence electrons. The van der Waals surface area contributed by atoms with Gasteiger partial charge in [-0.3, -0.25) is 0 Å². The van der Waals surface area contributed by atoms with Crippen LogP contribution in [0, 0.1) is 6.92 Å². The summed E-state index contributed by atoms with van der Waals surface area (Å²) in [7, 11) is 0. The second-order valence-corrected chi connectivity index (χ2v) is 4.20. The van der Waals surface area contributed by atoms with E-state index in [9.17, 15) is 0 Å². The fourth-order valence-electron chi connectivity index (χ4n) is 1.82. The van der Waals surface area contributed by atoms with Crippen molar-refractivity contribution < 1.29 is 0 Å². The Hall–Kier alpha value is -1.34. The second-order valence-electron chi connectivity index (χ2n) is 3.84. The van der Waals surface area contributed by atoms with Crippen LogP contribution in [0.5, 0.6) is 0 Å². The molecule has 0 spiro atoms. The molecule has 0 saturated heterocycles. The van der Waals surface area contributed by atoms with Crippen molar-refractivity contribution in [3.63, 3.8) is 0 Å². The summed E-state index contributed by atoms with van der Waals surface area (Å²) in [6.45, 7) is 4.14. The fourth-order valence-corrected chi connectivity index (χ4v) is 1.92. The first-order valence-corrected chi connectivity index (χ1v) is 5.80. The van der Waals surface area contributed by atoms with Crippen LogP contribution in [0.25, 0.3) is 11.1 Å². The Morgan fingerprint density at radius 1 is 1.25 bits per heavy atom. The molecule has 0 aliphatic heterocycles. The molecule has 0 saturated carbocycles. The molecule has 0 aliphatic carbocycles. The van der Waals surface area contributed by atoms with Crippen molar-refractivity contribution >= 4 is 11.6 Å². The fraction of sp³-hybridized carbons (Fsp3) is 0.214. The third-order valence-corrected chi connectivity index (χ3v) is 3.12. The highest BCUT2D eigenvalue weighted by Crippen LogP contribution is 2.26. The molecule has 0 atom stereocenters. The molecule has 1 aromatic heterocycles. The van der Waals surface area contributed by atoms with Crippen LogP contribution in [-0.2, 0) is 6.42 Å². The lowest BCUT2D eigenvalue weighted by Crippen LogP contribution is -1.89. The van der Waals surface area contributed by atoms with E-state index >= 15 is 0 Å². The van der Waals surface area contributed by atoms with Gasteiger partial charge in [-0.1, -0.05) is 42.8 Å². The first-order valence-electron chi connectivity index (χ1n) is 5.42. The van der Waals surface area contributed by atoms with Crippen molar-refractivity contribution in [3.05, 3.63) is 52.8 Å². The van der Waals surface area contributed by atoms with Crippen LogP contribution in [0.3, 0.4) is 0 Å². The first kappa shape index (κ1) is 11.2. The summed E-state index contributed by atoms with van der Waals surface area (Å²) >= 11 is 5.93. The van der Waals surface area contributed by atoms with Gasteiger partial charge in [0.15, 0.2) is 0 Å². The molecule has 0 radical (unpaired) electrons. The van der Waals surface area contributed by atoms with E-state index in [0.717, 1.165) is 17.5 Å². The molecule has 0 fully saturated rings. The predicted molar refractivity (Wildman–Crippen MR) is 68.8 cm³/mol. The number of nitrogens with zero attached hydrogens (tertiary/aromatic N) is 1. The topological polar surface area (TPSA) is 12.9 Å².